The van der Waals surface area contributed by atoms with Crippen molar-refractivity contribution in [3.8, 4) is 11.5 Å². The van der Waals surface area contributed by atoms with Gasteiger partial charge < -0.3 is 24.9 Å². The molecule has 6 nitrogen and oxygen atoms in total. The summed E-state index contributed by atoms with van der Waals surface area (Å²) in [6, 6.07) is 21.0. The van der Waals surface area contributed by atoms with Gasteiger partial charge in [-0.1, -0.05) is 54.1 Å². The van der Waals surface area contributed by atoms with E-state index in [4.69, 9.17) is 9.47 Å². The standard InChI is InChI=1S/C27H28N2O4/c1-18-6-5-7-20(12-18)17-33-25-11-10-19(13-26(25)32-2)15-28-24(27(30)31)14-21-16-29-23-9-4-3-8-22(21)23/h3-13,16,24,28-29H,14-15,17H2,1-2H3,(H,30,31). The summed E-state index contributed by atoms with van der Waals surface area (Å²) < 4.78 is 11.5. The molecule has 0 spiro atoms. The monoisotopic (exact) mass is 444 g/mol. The van der Waals surface area contributed by atoms with Crippen LogP contribution in [0.25, 0.3) is 10.9 Å². The van der Waals surface area contributed by atoms with E-state index in [2.05, 4.69) is 29.4 Å². The fourth-order valence-electron chi connectivity index (χ4n) is 3.91. The number of rotatable bonds is 10. The van der Waals surface area contributed by atoms with Gasteiger partial charge >= 0.3 is 5.97 Å². The first-order chi connectivity index (χ1) is 16.0. The van der Waals surface area contributed by atoms with Gasteiger partial charge in [0.2, 0.25) is 0 Å². The van der Waals surface area contributed by atoms with E-state index in [1.54, 1.807) is 7.11 Å². The number of carboxylic acids is 1. The van der Waals surface area contributed by atoms with Gasteiger partial charge in [-0.3, -0.25) is 4.79 Å². The zero-order valence-corrected chi connectivity index (χ0v) is 18.8. The van der Waals surface area contributed by atoms with Crippen LogP contribution < -0.4 is 14.8 Å². The highest BCUT2D eigenvalue weighted by atomic mass is 16.5. The number of benzene rings is 3. The molecular weight excluding hydrogens is 416 g/mol. The lowest BCUT2D eigenvalue weighted by atomic mass is 10.0. The first-order valence-electron chi connectivity index (χ1n) is 10.9. The van der Waals surface area contributed by atoms with Gasteiger partial charge in [0, 0.05) is 30.1 Å². The number of carbonyl (C=O) groups is 1. The summed E-state index contributed by atoms with van der Waals surface area (Å²) >= 11 is 0. The Morgan fingerprint density at radius 1 is 1.03 bits per heavy atom. The Balaban J connectivity index is 1.41. The Bertz CT molecular complexity index is 1250. The Kier molecular flexibility index (Phi) is 6.95. The molecular formula is C27H28N2O4. The number of aromatic amines is 1. The molecule has 0 aliphatic rings. The SMILES string of the molecule is COc1cc(CNC(Cc2c[nH]c3ccccc23)C(=O)O)ccc1OCc1cccc(C)c1. The molecule has 1 unspecified atom stereocenters. The summed E-state index contributed by atoms with van der Waals surface area (Å²) in [5.41, 5.74) is 5.17. The van der Waals surface area contributed by atoms with Crippen LogP contribution in [0.2, 0.25) is 0 Å². The predicted octanol–water partition coefficient (Wildman–Crippen LogP) is 4.85. The van der Waals surface area contributed by atoms with Gasteiger partial charge in [-0.2, -0.15) is 0 Å². The molecule has 4 rings (SSSR count). The number of hydrogen-bond donors (Lipinski definition) is 3. The van der Waals surface area contributed by atoms with Gasteiger partial charge in [0.15, 0.2) is 11.5 Å². The van der Waals surface area contributed by atoms with Crippen LogP contribution in [-0.4, -0.2) is 29.2 Å². The lowest BCUT2D eigenvalue weighted by Crippen LogP contribution is -2.38. The van der Waals surface area contributed by atoms with Crippen LogP contribution in [0.4, 0.5) is 0 Å². The Morgan fingerprint density at radius 3 is 2.67 bits per heavy atom. The normalized spacial score (nSPS) is 11.9. The van der Waals surface area contributed by atoms with Crippen LogP contribution in [0.5, 0.6) is 11.5 Å². The number of fused-ring (bicyclic) bond motifs is 1. The highest BCUT2D eigenvalue weighted by molar-refractivity contribution is 5.84. The minimum atomic E-state index is -0.884. The van der Waals surface area contributed by atoms with E-state index >= 15 is 0 Å². The van der Waals surface area contributed by atoms with E-state index in [9.17, 15) is 9.90 Å². The van der Waals surface area contributed by atoms with Crippen molar-refractivity contribution in [2.45, 2.75) is 32.5 Å². The number of hydrogen-bond acceptors (Lipinski definition) is 4. The Labute approximate surface area is 193 Å². The first kappa shape index (κ1) is 22.4. The number of ether oxygens (including phenoxy) is 2. The van der Waals surface area contributed by atoms with E-state index in [0.29, 0.717) is 31.1 Å². The van der Waals surface area contributed by atoms with Crippen LogP contribution in [0, 0.1) is 6.92 Å². The van der Waals surface area contributed by atoms with Crippen LogP contribution in [0.3, 0.4) is 0 Å². The molecule has 0 fully saturated rings. The van der Waals surface area contributed by atoms with Crippen molar-refractivity contribution in [1.29, 1.82) is 0 Å². The molecule has 0 bridgehead atoms. The van der Waals surface area contributed by atoms with Crippen LogP contribution in [-0.2, 0) is 24.4 Å². The molecule has 0 saturated heterocycles. The summed E-state index contributed by atoms with van der Waals surface area (Å²) in [6.45, 7) is 2.89. The fourth-order valence-corrected chi connectivity index (χ4v) is 3.91. The number of para-hydroxylation sites is 1. The average Bonchev–Trinajstić information content (AvgIpc) is 3.23. The van der Waals surface area contributed by atoms with Crippen molar-refractivity contribution in [2.75, 3.05) is 7.11 Å². The summed E-state index contributed by atoms with van der Waals surface area (Å²) in [4.78, 5) is 15.1. The third-order valence-corrected chi connectivity index (χ3v) is 5.65. The first-order valence-corrected chi connectivity index (χ1v) is 10.9. The maximum atomic E-state index is 11.9. The maximum Gasteiger partial charge on any atom is 0.321 e. The van der Waals surface area contributed by atoms with Crippen molar-refractivity contribution in [3.63, 3.8) is 0 Å². The maximum absolute atomic E-state index is 11.9. The van der Waals surface area contributed by atoms with Gasteiger partial charge in [-0.25, -0.2) is 0 Å². The second kappa shape index (κ2) is 10.2. The van der Waals surface area contributed by atoms with Gasteiger partial charge in [-0.05, 0) is 41.8 Å². The minimum Gasteiger partial charge on any atom is -0.493 e. The lowest BCUT2D eigenvalue weighted by Gasteiger charge is -2.16. The predicted molar refractivity (Wildman–Crippen MR) is 129 cm³/mol. The zero-order chi connectivity index (χ0) is 23.2. The van der Waals surface area contributed by atoms with Crippen molar-refractivity contribution >= 4 is 16.9 Å². The average molecular weight is 445 g/mol. The molecule has 1 atom stereocenters. The third kappa shape index (κ3) is 5.54. The molecule has 0 aliphatic carbocycles. The molecule has 33 heavy (non-hydrogen) atoms. The molecule has 0 aliphatic heterocycles. The largest absolute Gasteiger partial charge is 0.493 e. The Morgan fingerprint density at radius 2 is 1.88 bits per heavy atom. The van der Waals surface area contributed by atoms with E-state index < -0.39 is 12.0 Å². The topological polar surface area (TPSA) is 83.6 Å². The zero-order valence-electron chi connectivity index (χ0n) is 18.8. The second-order valence-electron chi connectivity index (χ2n) is 8.10. The molecule has 4 aromatic rings. The summed E-state index contributed by atoms with van der Waals surface area (Å²) in [5.74, 6) is 0.382. The van der Waals surface area contributed by atoms with Crippen LogP contribution in [0.1, 0.15) is 22.3 Å². The van der Waals surface area contributed by atoms with Crippen LogP contribution in [0.15, 0.2) is 72.9 Å². The van der Waals surface area contributed by atoms with Crippen molar-refractivity contribution < 1.29 is 19.4 Å². The minimum absolute atomic E-state index is 0.383. The lowest BCUT2D eigenvalue weighted by molar-refractivity contribution is -0.139. The smallest absolute Gasteiger partial charge is 0.321 e. The van der Waals surface area contributed by atoms with Crippen molar-refractivity contribution in [3.05, 3.63) is 95.2 Å². The van der Waals surface area contributed by atoms with Crippen molar-refractivity contribution in [1.82, 2.24) is 10.3 Å². The summed E-state index contributed by atoms with van der Waals surface area (Å²) in [5, 5.41) is 14.0. The van der Waals surface area contributed by atoms with E-state index in [1.165, 1.54) is 5.56 Å². The Hall–Kier alpha value is -3.77. The third-order valence-electron chi connectivity index (χ3n) is 5.65. The van der Waals surface area contributed by atoms with Gasteiger partial charge in [0.25, 0.3) is 0 Å². The molecule has 3 N–H and O–H groups in total. The van der Waals surface area contributed by atoms with E-state index in [-0.39, 0.29) is 0 Å². The number of aliphatic carboxylic acids is 1. The van der Waals surface area contributed by atoms with E-state index in [0.717, 1.165) is 27.6 Å². The van der Waals surface area contributed by atoms with Gasteiger partial charge in [-0.15, -0.1) is 0 Å². The van der Waals surface area contributed by atoms with Crippen LogP contribution >= 0.6 is 0 Å². The number of aromatic nitrogens is 1. The number of nitrogens with one attached hydrogen (secondary N) is 2. The van der Waals surface area contributed by atoms with E-state index in [1.807, 2.05) is 60.8 Å². The molecule has 0 radical (unpaired) electrons. The molecule has 1 aromatic heterocycles. The fraction of sp³-hybridized carbons (Fsp3) is 0.222. The van der Waals surface area contributed by atoms with Gasteiger partial charge in [0.1, 0.15) is 12.6 Å². The number of methoxy groups -OCH3 is 1. The summed E-state index contributed by atoms with van der Waals surface area (Å²) in [6.07, 6.45) is 2.26. The number of H-pyrrole nitrogens is 1. The molecule has 3 aromatic carbocycles. The highest BCUT2D eigenvalue weighted by Gasteiger charge is 2.19. The van der Waals surface area contributed by atoms with Crippen molar-refractivity contribution in [2.24, 2.45) is 0 Å². The number of aryl methyl sites for hydroxylation is 1. The van der Waals surface area contributed by atoms with Gasteiger partial charge in [0.05, 0.1) is 7.11 Å². The second-order valence-corrected chi connectivity index (χ2v) is 8.10. The molecule has 1 heterocycles. The summed E-state index contributed by atoms with van der Waals surface area (Å²) in [7, 11) is 1.60. The molecule has 170 valence electrons. The highest BCUT2D eigenvalue weighted by Crippen LogP contribution is 2.29. The molecule has 6 heteroatoms. The molecule has 0 amide bonds. The number of carboxylic acid groups (broad SMARTS) is 1. The quantitative estimate of drug-likeness (QED) is 0.326. The molecule has 0 saturated carbocycles.